The van der Waals surface area contributed by atoms with Crippen LogP contribution in [0.25, 0.3) is 0 Å². The molecule has 2 aromatic rings. The summed E-state index contributed by atoms with van der Waals surface area (Å²) < 4.78 is 6.19. The third kappa shape index (κ3) is 4.86. The van der Waals surface area contributed by atoms with E-state index in [0.717, 1.165) is 23.3 Å². The molecule has 2 heterocycles. The molecule has 0 saturated heterocycles. The lowest BCUT2D eigenvalue weighted by molar-refractivity contribution is -0.145. The molecule has 1 aromatic carbocycles. The van der Waals surface area contributed by atoms with Crippen molar-refractivity contribution in [1.29, 1.82) is 0 Å². The van der Waals surface area contributed by atoms with Crippen molar-refractivity contribution in [1.82, 2.24) is 9.80 Å². The van der Waals surface area contributed by atoms with Gasteiger partial charge in [0.1, 0.15) is 18.9 Å². The topological polar surface area (TPSA) is 49.9 Å². The second-order valence-corrected chi connectivity index (χ2v) is 10.0. The Bertz CT molecular complexity index is 929. The molecule has 0 saturated carbocycles. The van der Waals surface area contributed by atoms with Crippen molar-refractivity contribution in [2.24, 2.45) is 0 Å². The van der Waals surface area contributed by atoms with Gasteiger partial charge in [-0.1, -0.05) is 17.7 Å². The zero-order valence-corrected chi connectivity index (χ0v) is 19.6. The molecule has 0 unspecified atom stereocenters. The average Bonchev–Trinajstić information content (AvgIpc) is 3.12. The first-order chi connectivity index (χ1) is 14.1. The summed E-state index contributed by atoms with van der Waals surface area (Å²) in [4.78, 5) is 30.3. The van der Waals surface area contributed by atoms with E-state index >= 15 is 0 Å². The summed E-state index contributed by atoms with van der Waals surface area (Å²) in [5, 5.41) is 2.08. The fourth-order valence-electron chi connectivity index (χ4n) is 4.05. The normalized spacial score (nSPS) is 16.2. The first-order valence-corrected chi connectivity index (χ1v) is 11.3. The third-order valence-electron chi connectivity index (χ3n) is 5.63. The number of benzene rings is 1. The van der Waals surface area contributed by atoms with Crippen molar-refractivity contribution in [3.63, 3.8) is 0 Å². The zero-order chi connectivity index (χ0) is 22.1. The van der Waals surface area contributed by atoms with Gasteiger partial charge in [0.25, 0.3) is 0 Å². The SMILES string of the molecule is CC(=O)N(CC(=O)N1CCc2sccc2[C@@H]1COc1ccc(C)cc1C)C(C)(C)C. The van der Waals surface area contributed by atoms with Crippen LogP contribution in [-0.4, -0.2) is 46.8 Å². The summed E-state index contributed by atoms with van der Waals surface area (Å²) in [6.07, 6.45) is 0.842. The number of rotatable bonds is 5. The van der Waals surface area contributed by atoms with E-state index in [2.05, 4.69) is 24.4 Å². The van der Waals surface area contributed by atoms with Crippen LogP contribution in [0.4, 0.5) is 0 Å². The van der Waals surface area contributed by atoms with Crippen LogP contribution in [0, 0.1) is 13.8 Å². The van der Waals surface area contributed by atoms with Crippen LogP contribution in [0.5, 0.6) is 5.75 Å². The second-order valence-electron chi connectivity index (χ2n) is 9.01. The summed E-state index contributed by atoms with van der Waals surface area (Å²) in [7, 11) is 0. The minimum absolute atomic E-state index is 0.0359. The predicted octanol–water partition coefficient (Wildman–Crippen LogP) is 4.52. The number of hydrogen-bond acceptors (Lipinski definition) is 4. The fraction of sp³-hybridized carbons (Fsp3) is 0.500. The van der Waals surface area contributed by atoms with Gasteiger partial charge >= 0.3 is 0 Å². The van der Waals surface area contributed by atoms with E-state index in [-0.39, 0.29) is 24.4 Å². The van der Waals surface area contributed by atoms with E-state index in [4.69, 9.17) is 4.74 Å². The summed E-state index contributed by atoms with van der Waals surface area (Å²) >= 11 is 1.73. The molecule has 1 aliphatic rings. The summed E-state index contributed by atoms with van der Waals surface area (Å²) in [6, 6.07) is 8.08. The van der Waals surface area contributed by atoms with Gasteiger partial charge in [-0.25, -0.2) is 0 Å². The largest absolute Gasteiger partial charge is 0.491 e. The summed E-state index contributed by atoms with van der Waals surface area (Å²) in [5.74, 6) is 0.716. The molecule has 0 radical (unpaired) electrons. The van der Waals surface area contributed by atoms with Crippen molar-refractivity contribution in [2.45, 2.75) is 59.5 Å². The number of aryl methyl sites for hydroxylation is 2. The standard InChI is InChI=1S/C24H32N2O3S/c1-16-7-8-21(17(2)13-16)29-15-20-19-10-12-30-22(19)9-11-25(20)23(28)14-26(18(3)27)24(4,5)6/h7-8,10,12-13,20H,9,11,14-15H2,1-6H3/t20-/m0/s1. The second kappa shape index (κ2) is 8.80. The van der Waals surface area contributed by atoms with Gasteiger partial charge in [0, 0.05) is 23.9 Å². The van der Waals surface area contributed by atoms with Crippen LogP contribution in [0.15, 0.2) is 29.6 Å². The maximum Gasteiger partial charge on any atom is 0.242 e. The fourth-order valence-corrected chi connectivity index (χ4v) is 4.98. The monoisotopic (exact) mass is 428 g/mol. The highest BCUT2D eigenvalue weighted by molar-refractivity contribution is 7.10. The van der Waals surface area contributed by atoms with E-state index in [9.17, 15) is 9.59 Å². The van der Waals surface area contributed by atoms with Crippen LogP contribution in [0.3, 0.4) is 0 Å². The highest BCUT2D eigenvalue weighted by Gasteiger charge is 2.35. The van der Waals surface area contributed by atoms with Gasteiger partial charge in [0.15, 0.2) is 0 Å². The third-order valence-corrected chi connectivity index (χ3v) is 6.62. The first kappa shape index (κ1) is 22.3. The number of ether oxygens (including phenoxy) is 1. The molecule has 1 aromatic heterocycles. The number of carbonyl (C=O) groups excluding carboxylic acids is 2. The maximum absolute atomic E-state index is 13.3. The number of fused-ring (bicyclic) bond motifs is 1. The highest BCUT2D eigenvalue weighted by atomic mass is 32.1. The Balaban J connectivity index is 1.82. The molecule has 1 aliphatic heterocycles. The Labute approximate surface area is 183 Å². The molecular weight excluding hydrogens is 396 g/mol. The van der Waals surface area contributed by atoms with E-state index in [0.29, 0.717) is 13.2 Å². The number of amides is 2. The Morgan fingerprint density at radius 3 is 2.60 bits per heavy atom. The minimum atomic E-state index is -0.407. The molecule has 0 spiro atoms. The zero-order valence-electron chi connectivity index (χ0n) is 18.8. The maximum atomic E-state index is 13.3. The van der Waals surface area contributed by atoms with Gasteiger partial charge in [-0.2, -0.15) is 0 Å². The van der Waals surface area contributed by atoms with Crippen molar-refractivity contribution < 1.29 is 14.3 Å². The van der Waals surface area contributed by atoms with E-state index in [1.807, 2.05) is 44.7 Å². The van der Waals surface area contributed by atoms with E-state index < -0.39 is 5.54 Å². The Morgan fingerprint density at radius 2 is 1.97 bits per heavy atom. The van der Waals surface area contributed by atoms with Crippen molar-refractivity contribution >= 4 is 23.2 Å². The predicted molar refractivity (Wildman–Crippen MR) is 121 cm³/mol. The molecule has 30 heavy (non-hydrogen) atoms. The smallest absolute Gasteiger partial charge is 0.242 e. The van der Waals surface area contributed by atoms with Crippen molar-refractivity contribution in [3.8, 4) is 5.75 Å². The lowest BCUT2D eigenvalue weighted by atomic mass is 9.99. The number of hydrogen-bond donors (Lipinski definition) is 0. The molecule has 5 nitrogen and oxygen atoms in total. The van der Waals surface area contributed by atoms with Gasteiger partial charge in [-0.05, 0) is 69.7 Å². The van der Waals surface area contributed by atoms with Gasteiger partial charge in [0.2, 0.25) is 11.8 Å². The number of thiophene rings is 1. The van der Waals surface area contributed by atoms with Crippen molar-refractivity contribution in [2.75, 3.05) is 19.7 Å². The quantitative estimate of drug-likeness (QED) is 0.704. The highest BCUT2D eigenvalue weighted by Crippen LogP contribution is 2.34. The molecule has 0 fully saturated rings. The van der Waals surface area contributed by atoms with Crippen LogP contribution in [0.1, 0.15) is 55.3 Å². The van der Waals surface area contributed by atoms with Crippen LogP contribution in [0.2, 0.25) is 0 Å². The Kier molecular flexibility index (Phi) is 6.56. The summed E-state index contributed by atoms with van der Waals surface area (Å²) in [6.45, 7) is 12.6. The molecule has 2 amide bonds. The Hall–Kier alpha value is -2.34. The number of nitrogens with zero attached hydrogens (tertiary/aromatic N) is 2. The van der Waals surface area contributed by atoms with Crippen LogP contribution < -0.4 is 4.74 Å². The van der Waals surface area contributed by atoms with Crippen LogP contribution >= 0.6 is 11.3 Å². The molecule has 0 bridgehead atoms. The minimum Gasteiger partial charge on any atom is -0.491 e. The first-order valence-electron chi connectivity index (χ1n) is 10.4. The molecule has 0 aliphatic carbocycles. The Morgan fingerprint density at radius 1 is 1.23 bits per heavy atom. The van der Waals surface area contributed by atoms with Crippen LogP contribution in [-0.2, 0) is 16.0 Å². The molecule has 0 N–H and O–H groups in total. The van der Waals surface area contributed by atoms with Gasteiger partial charge in [0.05, 0.1) is 6.04 Å². The van der Waals surface area contributed by atoms with E-state index in [1.54, 1.807) is 16.2 Å². The van der Waals surface area contributed by atoms with Gasteiger partial charge in [-0.3, -0.25) is 9.59 Å². The molecule has 1 atom stereocenters. The van der Waals surface area contributed by atoms with E-state index in [1.165, 1.54) is 17.4 Å². The average molecular weight is 429 g/mol. The van der Waals surface area contributed by atoms with Crippen molar-refractivity contribution in [3.05, 3.63) is 51.2 Å². The molecule has 162 valence electrons. The summed E-state index contributed by atoms with van der Waals surface area (Å²) in [5.41, 5.74) is 3.04. The molecule has 6 heteroatoms. The van der Waals surface area contributed by atoms with Gasteiger partial charge in [-0.15, -0.1) is 11.3 Å². The lowest BCUT2D eigenvalue weighted by Gasteiger charge is -2.40. The number of carbonyl (C=O) groups is 2. The molecule has 3 rings (SSSR count). The lowest BCUT2D eigenvalue weighted by Crippen LogP contribution is -2.52. The molecular formula is C24H32N2O3S. The van der Waals surface area contributed by atoms with Gasteiger partial charge < -0.3 is 14.5 Å².